The Kier molecular flexibility index (Phi) is 2.85. The molecular formula is C11H12N2O3. The van der Waals surface area contributed by atoms with Crippen molar-refractivity contribution >= 4 is 11.9 Å². The molecule has 1 fully saturated rings. The number of carbonyl (C=O) groups excluding carboxylic acids is 1. The van der Waals surface area contributed by atoms with E-state index in [2.05, 4.69) is 10.3 Å². The second-order valence-corrected chi connectivity index (χ2v) is 3.83. The minimum atomic E-state index is -0.891. The monoisotopic (exact) mass is 220 g/mol. The van der Waals surface area contributed by atoms with Crippen LogP contribution < -0.4 is 5.32 Å². The highest BCUT2D eigenvalue weighted by atomic mass is 16.4. The lowest BCUT2D eigenvalue weighted by atomic mass is 10.3. The van der Waals surface area contributed by atoms with Crippen molar-refractivity contribution < 1.29 is 14.7 Å². The Hall–Kier alpha value is -1.91. The van der Waals surface area contributed by atoms with Crippen molar-refractivity contribution in [3.63, 3.8) is 0 Å². The molecule has 0 radical (unpaired) electrons. The zero-order valence-electron chi connectivity index (χ0n) is 8.59. The van der Waals surface area contributed by atoms with Gasteiger partial charge in [-0.2, -0.15) is 0 Å². The topological polar surface area (TPSA) is 79.3 Å². The van der Waals surface area contributed by atoms with Crippen LogP contribution in [0.2, 0.25) is 0 Å². The number of hydrogen-bond donors (Lipinski definition) is 2. The average Bonchev–Trinajstić information content (AvgIpc) is 3.07. The molecular weight excluding hydrogens is 208 g/mol. The van der Waals surface area contributed by atoms with Gasteiger partial charge in [-0.15, -0.1) is 0 Å². The highest BCUT2D eigenvalue weighted by Gasteiger charge is 2.48. The Morgan fingerprint density at radius 2 is 2.25 bits per heavy atom. The van der Waals surface area contributed by atoms with Gasteiger partial charge in [0.2, 0.25) is 5.91 Å². The minimum absolute atomic E-state index is 0.196. The van der Waals surface area contributed by atoms with Crippen molar-refractivity contribution in [2.24, 2.45) is 11.8 Å². The van der Waals surface area contributed by atoms with Gasteiger partial charge in [-0.05, 0) is 18.6 Å². The summed E-state index contributed by atoms with van der Waals surface area (Å²) < 4.78 is 0. The van der Waals surface area contributed by atoms with Crippen LogP contribution in [0.1, 0.15) is 12.1 Å². The lowest BCUT2D eigenvalue weighted by Crippen LogP contribution is -2.26. The molecule has 1 aliphatic carbocycles. The number of nitrogens with one attached hydrogen (secondary N) is 1. The highest BCUT2D eigenvalue weighted by molar-refractivity contribution is 5.89. The number of carboxylic acid groups (broad SMARTS) is 1. The van der Waals surface area contributed by atoms with E-state index in [-0.39, 0.29) is 11.8 Å². The van der Waals surface area contributed by atoms with E-state index < -0.39 is 11.9 Å². The Morgan fingerprint density at radius 1 is 1.44 bits per heavy atom. The van der Waals surface area contributed by atoms with Crippen LogP contribution in [0.5, 0.6) is 0 Å². The fourth-order valence-electron chi connectivity index (χ4n) is 1.57. The van der Waals surface area contributed by atoms with Gasteiger partial charge in [0.25, 0.3) is 0 Å². The maximum atomic E-state index is 11.5. The SMILES string of the molecule is O=C(O)[C@H]1C[C@H]1C(=O)NCc1ccccn1. The second-order valence-electron chi connectivity index (χ2n) is 3.83. The molecule has 0 unspecified atom stereocenters. The maximum absolute atomic E-state index is 11.5. The predicted molar refractivity (Wildman–Crippen MR) is 55.3 cm³/mol. The first-order valence-electron chi connectivity index (χ1n) is 5.09. The molecule has 0 aromatic carbocycles. The van der Waals surface area contributed by atoms with Crippen LogP contribution in [0.3, 0.4) is 0 Å². The summed E-state index contributed by atoms with van der Waals surface area (Å²) in [6, 6.07) is 5.44. The molecule has 1 heterocycles. The number of carbonyl (C=O) groups is 2. The van der Waals surface area contributed by atoms with Gasteiger partial charge in [-0.25, -0.2) is 0 Å². The molecule has 2 atom stereocenters. The summed E-state index contributed by atoms with van der Waals surface area (Å²) in [5.74, 6) is -1.94. The molecule has 0 spiro atoms. The number of aromatic nitrogens is 1. The molecule has 2 N–H and O–H groups in total. The molecule has 1 saturated carbocycles. The average molecular weight is 220 g/mol. The number of hydrogen-bond acceptors (Lipinski definition) is 3. The third-order valence-electron chi connectivity index (χ3n) is 2.61. The summed E-state index contributed by atoms with van der Waals surface area (Å²) in [6.07, 6.45) is 2.10. The zero-order valence-corrected chi connectivity index (χ0v) is 8.59. The number of aliphatic carboxylic acids is 1. The van der Waals surface area contributed by atoms with Gasteiger partial charge in [0.1, 0.15) is 0 Å². The van der Waals surface area contributed by atoms with Gasteiger partial charge in [-0.3, -0.25) is 14.6 Å². The summed E-state index contributed by atoms with van der Waals surface area (Å²) in [6.45, 7) is 0.350. The fourth-order valence-corrected chi connectivity index (χ4v) is 1.57. The maximum Gasteiger partial charge on any atom is 0.307 e. The molecule has 16 heavy (non-hydrogen) atoms. The summed E-state index contributed by atoms with van der Waals surface area (Å²) in [4.78, 5) is 26.1. The Bertz CT molecular complexity index is 405. The third kappa shape index (κ3) is 2.36. The molecule has 1 aliphatic rings. The van der Waals surface area contributed by atoms with Crippen LogP contribution in [0, 0.1) is 11.8 Å². The van der Waals surface area contributed by atoms with E-state index in [0.29, 0.717) is 13.0 Å². The van der Waals surface area contributed by atoms with Crippen molar-refractivity contribution in [3.05, 3.63) is 30.1 Å². The first-order chi connectivity index (χ1) is 7.68. The van der Waals surface area contributed by atoms with E-state index in [1.807, 2.05) is 12.1 Å². The lowest BCUT2D eigenvalue weighted by molar-refractivity contribution is -0.140. The first-order valence-corrected chi connectivity index (χ1v) is 5.09. The molecule has 0 bridgehead atoms. The van der Waals surface area contributed by atoms with E-state index in [4.69, 9.17) is 5.11 Å². The first kappa shape index (κ1) is 10.6. The molecule has 5 heteroatoms. The van der Waals surface area contributed by atoms with E-state index in [1.165, 1.54) is 0 Å². The molecule has 0 saturated heterocycles. The van der Waals surface area contributed by atoms with Gasteiger partial charge in [-0.1, -0.05) is 6.07 Å². The van der Waals surface area contributed by atoms with Crippen molar-refractivity contribution in [2.45, 2.75) is 13.0 Å². The van der Waals surface area contributed by atoms with E-state index in [1.54, 1.807) is 12.3 Å². The van der Waals surface area contributed by atoms with E-state index in [0.717, 1.165) is 5.69 Å². The molecule has 84 valence electrons. The predicted octanol–water partition coefficient (Wildman–Crippen LogP) is 0.418. The van der Waals surface area contributed by atoms with Crippen molar-refractivity contribution in [1.82, 2.24) is 10.3 Å². The molecule has 1 amide bonds. The number of rotatable bonds is 4. The number of pyridine rings is 1. The number of amides is 1. The fraction of sp³-hybridized carbons (Fsp3) is 0.364. The quantitative estimate of drug-likeness (QED) is 0.770. The Labute approximate surface area is 92.5 Å². The molecule has 5 nitrogen and oxygen atoms in total. The van der Waals surface area contributed by atoms with Crippen LogP contribution in [0.4, 0.5) is 0 Å². The van der Waals surface area contributed by atoms with Crippen LogP contribution in [0.25, 0.3) is 0 Å². The third-order valence-corrected chi connectivity index (χ3v) is 2.61. The van der Waals surface area contributed by atoms with Crippen molar-refractivity contribution in [3.8, 4) is 0 Å². The van der Waals surface area contributed by atoms with Gasteiger partial charge >= 0.3 is 5.97 Å². The number of carboxylic acids is 1. The van der Waals surface area contributed by atoms with E-state index >= 15 is 0 Å². The minimum Gasteiger partial charge on any atom is -0.481 e. The highest BCUT2D eigenvalue weighted by Crippen LogP contribution is 2.38. The lowest BCUT2D eigenvalue weighted by Gasteiger charge is -2.03. The van der Waals surface area contributed by atoms with Crippen LogP contribution in [0.15, 0.2) is 24.4 Å². The molecule has 1 aromatic heterocycles. The van der Waals surface area contributed by atoms with Crippen LogP contribution in [-0.2, 0) is 16.1 Å². The molecule has 2 rings (SSSR count). The Morgan fingerprint density at radius 3 is 2.81 bits per heavy atom. The van der Waals surface area contributed by atoms with Crippen molar-refractivity contribution in [2.75, 3.05) is 0 Å². The summed E-state index contributed by atoms with van der Waals surface area (Å²) >= 11 is 0. The van der Waals surface area contributed by atoms with Gasteiger partial charge in [0.15, 0.2) is 0 Å². The van der Waals surface area contributed by atoms with E-state index in [9.17, 15) is 9.59 Å². The van der Waals surface area contributed by atoms with Gasteiger partial charge < -0.3 is 10.4 Å². The van der Waals surface area contributed by atoms with Crippen molar-refractivity contribution in [1.29, 1.82) is 0 Å². The zero-order chi connectivity index (χ0) is 11.5. The largest absolute Gasteiger partial charge is 0.481 e. The molecule has 0 aliphatic heterocycles. The second kappa shape index (κ2) is 4.30. The van der Waals surface area contributed by atoms with Crippen LogP contribution in [-0.4, -0.2) is 22.0 Å². The van der Waals surface area contributed by atoms with Gasteiger partial charge in [0.05, 0.1) is 24.1 Å². The van der Waals surface area contributed by atoms with Gasteiger partial charge in [0, 0.05) is 6.20 Å². The smallest absolute Gasteiger partial charge is 0.307 e. The molecule has 1 aromatic rings. The van der Waals surface area contributed by atoms with Crippen LogP contribution >= 0.6 is 0 Å². The standard InChI is InChI=1S/C11H12N2O3/c14-10(8-5-9(8)11(15)16)13-6-7-3-1-2-4-12-7/h1-4,8-9H,5-6H2,(H,13,14)(H,15,16)/t8-,9+/m1/s1. The normalized spacial score (nSPS) is 22.5. The summed E-state index contributed by atoms with van der Waals surface area (Å²) in [7, 11) is 0. The summed E-state index contributed by atoms with van der Waals surface area (Å²) in [5.41, 5.74) is 0.767. The Balaban J connectivity index is 1.80. The number of nitrogens with zero attached hydrogens (tertiary/aromatic N) is 1. The summed E-state index contributed by atoms with van der Waals surface area (Å²) in [5, 5.41) is 11.3.